The molecule has 0 aromatic rings. The molecule has 1 saturated heterocycles. The Balaban J connectivity index is 2.52. The summed E-state index contributed by atoms with van der Waals surface area (Å²) in [5.41, 5.74) is -0.483. The van der Waals surface area contributed by atoms with Crippen LogP contribution in [0.5, 0.6) is 0 Å². The molecule has 5 nitrogen and oxygen atoms in total. The van der Waals surface area contributed by atoms with Gasteiger partial charge in [0.05, 0.1) is 12.3 Å². The van der Waals surface area contributed by atoms with E-state index in [1.807, 2.05) is 0 Å². The molecule has 0 radical (unpaired) electrons. The Kier molecular flexibility index (Phi) is 3.49. The SMILES string of the molecule is CC(C)P(=O)(O)OC1OCCC1O. The lowest BCUT2D eigenvalue weighted by atomic mass is 10.3. The second-order valence-electron chi connectivity index (χ2n) is 3.36. The summed E-state index contributed by atoms with van der Waals surface area (Å²) in [6, 6.07) is 0. The maximum atomic E-state index is 11.4. The number of ether oxygens (including phenoxy) is 1. The molecule has 0 aromatic carbocycles. The fourth-order valence-electron chi connectivity index (χ4n) is 0.923. The van der Waals surface area contributed by atoms with Crippen molar-refractivity contribution in [1.82, 2.24) is 0 Å². The van der Waals surface area contributed by atoms with E-state index in [2.05, 4.69) is 0 Å². The standard InChI is InChI=1S/C7H15O5P/c1-5(2)13(9,10)12-7-6(8)3-4-11-7/h5-8H,3-4H2,1-2H3,(H,9,10). The Morgan fingerprint density at radius 2 is 2.23 bits per heavy atom. The normalized spacial score (nSPS) is 33.6. The van der Waals surface area contributed by atoms with Gasteiger partial charge in [0.15, 0.2) is 6.29 Å². The zero-order valence-electron chi connectivity index (χ0n) is 7.71. The Hall–Kier alpha value is 0.0700. The van der Waals surface area contributed by atoms with Crippen LogP contribution in [0, 0.1) is 0 Å². The van der Waals surface area contributed by atoms with Crippen molar-refractivity contribution in [3.8, 4) is 0 Å². The largest absolute Gasteiger partial charge is 0.388 e. The Labute approximate surface area is 77.2 Å². The molecule has 0 saturated carbocycles. The molecule has 1 heterocycles. The molecule has 13 heavy (non-hydrogen) atoms. The summed E-state index contributed by atoms with van der Waals surface area (Å²) in [6.45, 7) is 3.54. The van der Waals surface area contributed by atoms with Gasteiger partial charge in [-0.05, 0) is 0 Å². The minimum atomic E-state index is -3.64. The van der Waals surface area contributed by atoms with E-state index in [4.69, 9.17) is 9.26 Å². The van der Waals surface area contributed by atoms with Crippen LogP contribution < -0.4 is 0 Å². The zero-order chi connectivity index (χ0) is 10.1. The van der Waals surface area contributed by atoms with Crippen LogP contribution in [0.3, 0.4) is 0 Å². The molecule has 0 bridgehead atoms. The molecule has 1 aliphatic heterocycles. The molecule has 0 spiro atoms. The van der Waals surface area contributed by atoms with Gasteiger partial charge in [-0.3, -0.25) is 9.09 Å². The molecule has 3 atom stereocenters. The predicted molar refractivity (Wildman–Crippen MR) is 46.4 cm³/mol. The maximum Gasteiger partial charge on any atom is 0.333 e. The third-order valence-electron chi connectivity index (χ3n) is 1.92. The summed E-state index contributed by atoms with van der Waals surface area (Å²) in [4.78, 5) is 9.31. The Morgan fingerprint density at radius 1 is 1.62 bits per heavy atom. The second kappa shape index (κ2) is 4.07. The van der Waals surface area contributed by atoms with Gasteiger partial charge in [-0.1, -0.05) is 13.8 Å². The van der Waals surface area contributed by atoms with E-state index < -0.39 is 25.6 Å². The van der Waals surface area contributed by atoms with E-state index in [1.54, 1.807) is 13.8 Å². The van der Waals surface area contributed by atoms with Gasteiger partial charge in [0.2, 0.25) is 0 Å². The van der Waals surface area contributed by atoms with Crippen molar-refractivity contribution in [1.29, 1.82) is 0 Å². The van der Waals surface area contributed by atoms with Crippen LogP contribution in [0.4, 0.5) is 0 Å². The fraction of sp³-hybridized carbons (Fsp3) is 1.00. The van der Waals surface area contributed by atoms with Crippen molar-refractivity contribution in [3.05, 3.63) is 0 Å². The molecule has 0 aromatic heterocycles. The van der Waals surface area contributed by atoms with Crippen LogP contribution in [0.1, 0.15) is 20.3 Å². The van der Waals surface area contributed by atoms with Crippen LogP contribution in [0.25, 0.3) is 0 Å². The van der Waals surface area contributed by atoms with E-state index in [9.17, 15) is 14.6 Å². The topological polar surface area (TPSA) is 76.0 Å². The first-order valence-corrected chi connectivity index (χ1v) is 5.88. The predicted octanol–water partition coefficient (Wildman–Crippen LogP) is 0.704. The summed E-state index contributed by atoms with van der Waals surface area (Å²) in [7, 11) is -3.64. The summed E-state index contributed by atoms with van der Waals surface area (Å²) in [5, 5.41) is 9.25. The summed E-state index contributed by atoms with van der Waals surface area (Å²) < 4.78 is 21.1. The molecule has 1 fully saturated rings. The molecule has 0 amide bonds. The van der Waals surface area contributed by atoms with Crippen LogP contribution in [0.15, 0.2) is 0 Å². The van der Waals surface area contributed by atoms with E-state index in [-0.39, 0.29) is 0 Å². The van der Waals surface area contributed by atoms with Crippen molar-refractivity contribution in [2.75, 3.05) is 6.61 Å². The molecular formula is C7H15O5P. The highest BCUT2D eigenvalue weighted by atomic mass is 31.2. The van der Waals surface area contributed by atoms with E-state index in [1.165, 1.54) is 0 Å². The van der Waals surface area contributed by atoms with Gasteiger partial charge in [-0.25, -0.2) is 0 Å². The summed E-state index contributed by atoms with van der Waals surface area (Å²) in [5.74, 6) is 0. The molecule has 6 heteroatoms. The van der Waals surface area contributed by atoms with Crippen molar-refractivity contribution >= 4 is 7.60 Å². The van der Waals surface area contributed by atoms with Gasteiger partial charge in [-0.15, -0.1) is 0 Å². The lowest BCUT2D eigenvalue weighted by molar-refractivity contribution is -0.0941. The molecule has 0 aliphatic carbocycles. The first-order valence-electron chi connectivity index (χ1n) is 4.24. The number of rotatable bonds is 3. The van der Waals surface area contributed by atoms with Crippen LogP contribution >= 0.6 is 7.60 Å². The number of hydrogen-bond donors (Lipinski definition) is 2. The van der Waals surface area contributed by atoms with E-state index >= 15 is 0 Å². The van der Waals surface area contributed by atoms with Crippen molar-refractivity contribution in [3.63, 3.8) is 0 Å². The highest BCUT2D eigenvalue weighted by Gasteiger charge is 2.35. The van der Waals surface area contributed by atoms with Crippen LogP contribution in [-0.4, -0.2) is 34.7 Å². The minimum absolute atomic E-state index is 0.365. The fourth-order valence-corrected chi connectivity index (χ4v) is 1.67. The Morgan fingerprint density at radius 3 is 2.62 bits per heavy atom. The zero-order valence-corrected chi connectivity index (χ0v) is 8.61. The quantitative estimate of drug-likeness (QED) is 0.670. The molecule has 1 aliphatic rings. The number of hydrogen-bond acceptors (Lipinski definition) is 4. The molecular weight excluding hydrogens is 195 g/mol. The minimum Gasteiger partial charge on any atom is -0.388 e. The van der Waals surface area contributed by atoms with E-state index in [0.29, 0.717) is 13.0 Å². The molecule has 78 valence electrons. The van der Waals surface area contributed by atoms with Crippen LogP contribution in [-0.2, 0) is 13.8 Å². The van der Waals surface area contributed by atoms with E-state index in [0.717, 1.165) is 0 Å². The van der Waals surface area contributed by atoms with Gasteiger partial charge in [0.1, 0.15) is 6.10 Å². The average Bonchev–Trinajstić information content (AvgIpc) is 2.35. The van der Waals surface area contributed by atoms with Crippen molar-refractivity contribution < 1.29 is 23.8 Å². The van der Waals surface area contributed by atoms with Gasteiger partial charge in [0.25, 0.3) is 0 Å². The highest BCUT2D eigenvalue weighted by Crippen LogP contribution is 2.49. The third-order valence-corrected chi connectivity index (χ3v) is 3.73. The van der Waals surface area contributed by atoms with Crippen molar-refractivity contribution in [2.45, 2.75) is 38.3 Å². The van der Waals surface area contributed by atoms with Gasteiger partial charge in [0, 0.05) is 6.42 Å². The lowest BCUT2D eigenvalue weighted by Crippen LogP contribution is -2.24. The second-order valence-corrected chi connectivity index (χ2v) is 5.73. The highest BCUT2D eigenvalue weighted by molar-refractivity contribution is 7.53. The Bertz CT molecular complexity index is 217. The lowest BCUT2D eigenvalue weighted by Gasteiger charge is -2.21. The van der Waals surface area contributed by atoms with Gasteiger partial charge in [-0.2, -0.15) is 0 Å². The summed E-state index contributed by atoms with van der Waals surface area (Å²) >= 11 is 0. The van der Waals surface area contributed by atoms with Crippen LogP contribution in [0.2, 0.25) is 0 Å². The molecule has 2 N–H and O–H groups in total. The smallest absolute Gasteiger partial charge is 0.333 e. The molecule has 1 rings (SSSR count). The number of aliphatic hydroxyl groups excluding tert-OH is 1. The first-order chi connectivity index (χ1) is 5.93. The number of aliphatic hydroxyl groups is 1. The molecule has 3 unspecified atom stereocenters. The van der Waals surface area contributed by atoms with Gasteiger partial charge < -0.3 is 14.7 Å². The van der Waals surface area contributed by atoms with Gasteiger partial charge >= 0.3 is 7.60 Å². The summed E-state index contributed by atoms with van der Waals surface area (Å²) in [6.07, 6.45) is -1.29. The first kappa shape index (κ1) is 11.1. The van der Waals surface area contributed by atoms with Crippen molar-refractivity contribution in [2.24, 2.45) is 0 Å². The third kappa shape index (κ3) is 2.76. The average molecular weight is 210 g/mol. The monoisotopic (exact) mass is 210 g/mol. The maximum absolute atomic E-state index is 11.4.